The number of benzene rings is 1. The zero-order valence-corrected chi connectivity index (χ0v) is 22.5. The second kappa shape index (κ2) is 10.6. The molecule has 2 amide bonds. The molecule has 0 unspecified atom stereocenters. The van der Waals surface area contributed by atoms with Gasteiger partial charge in [-0.25, -0.2) is 9.97 Å². The van der Waals surface area contributed by atoms with Crippen molar-refractivity contribution in [2.45, 2.75) is 45.1 Å². The molecular formula is C29H30ClN7O2. The number of anilines is 2. The Morgan fingerprint density at radius 1 is 1.18 bits per heavy atom. The minimum atomic E-state index is -0.0547. The number of aliphatic imine (C=N–C) groups is 1. The van der Waals surface area contributed by atoms with Crippen molar-refractivity contribution in [3.63, 3.8) is 0 Å². The number of aromatic nitrogens is 3. The molecule has 0 radical (unpaired) electrons. The molecule has 2 aromatic heterocycles. The molecule has 1 aromatic carbocycles. The average molecular weight is 544 g/mol. The van der Waals surface area contributed by atoms with Gasteiger partial charge in [-0.05, 0) is 62.9 Å². The van der Waals surface area contributed by atoms with Crippen LogP contribution in [-0.2, 0) is 4.79 Å². The first kappa shape index (κ1) is 25.3. The van der Waals surface area contributed by atoms with Crippen LogP contribution in [0.4, 0.5) is 11.6 Å². The highest BCUT2D eigenvalue weighted by Crippen LogP contribution is 2.31. The summed E-state index contributed by atoms with van der Waals surface area (Å²) in [6.45, 7) is 4.17. The summed E-state index contributed by atoms with van der Waals surface area (Å²) < 4.78 is 0. The number of carbonyl (C=O) groups excluding carboxylic acids is 2. The molecule has 5 heterocycles. The van der Waals surface area contributed by atoms with Crippen LogP contribution in [0, 0.1) is 0 Å². The maximum absolute atomic E-state index is 13.3. The molecule has 3 aliphatic rings. The van der Waals surface area contributed by atoms with Crippen LogP contribution in [0.25, 0.3) is 16.6 Å². The van der Waals surface area contributed by atoms with Crippen molar-refractivity contribution in [1.29, 1.82) is 0 Å². The molecule has 0 bridgehead atoms. The van der Waals surface area contributed by atoms with E-state index in [2.05, 4.69) is 38.3 Å². The van der Waals surface area contributed by atoms with Gasteiger partial charge in [0.15, 0.2) is 0 Å². The molecule has 6 rings (SSSR count). The number of likely N-dealkylation sites (tertiary alicyclic amines) is 2. The summed E-state index contributed by atoms with van der Waals surface area (Å²) in [5.74, 6) is 0.620. The monoisotopic (exact) mass is 543 g/mol. The minimum Gasteiger partial charge on any atom is -0.349 e. The Morgan fingerprint density at radius 3 is 2.82 bits per heavy atom. The van der Waals surface area contributed by atoms with Crippen LogP contribution < -0.4 is 5.32 Å². The molecular weight excluding hydrogens is 514 g/mol. The standard InChI is InChI=1S/C29H30ClN7O2/c1-18-4-5-23(31-10-6-18)24-7-11-32-29(35-24)33-20-15-19-16-25(34-27(19)22(30)17-20)28(39)36-13-8-21(9-14-36)37-12-2-3-26(37)38/h5-7,10-11,15-17,21,34H,2-4,8-9,12-14H2,1H3,(H,32,33,35). The van der Waals surface area contributed by atoms with Gasteiger partial charge in [-0.2, -0.15) is 0 Å². The first-order valence-corrected chi connectivity index (χ1v) is 13.7. The number of rotatable bonds is 5. The average Bonchev–Trinajstić information content (AvgIpc) is 3.50. The summed E-state index contributed by atoms with van der Waals surface area (Å²) in [6, 6.07) is 7.62. The van der Waals surface area contributed by atoms with Crippen LogP contribution >= 0.6 is 11.6 Å². The molecule has 39 heavy (non-hydrogen) atoms. The minimum absolute atomic E-state index is 0.0547. The maximum Gasteiger partial charge on any atom is 0.270 e. The molecule has 3 aromatic rings. The molecule has 200 valence electrons. The molecule has 2 fully saturated rings. The van der Waals surface area contributed by atoms with E-state index < -0.39 is 0 Å². The number of nitrogens with zero attached hydrogens (tertiary/aromatic N) is 5. The van der Waals surface area contributed by atoms with E-state index in [4.69, 9.17) is 11.6 Å². The molecule has 2 N–H and O–H groups in total. The van der Waals surface area contributed by atoms with Crippen molar-refractivity contribution >= 4 is 57.9 Å². The highest BCUT2D eigenvalue weighted by Gasteiger charge is 2.32. The number of nitrogens with one attached hydrogen (secondary N) is 2. The van der Waals surface area contributed by atoms with E-state index in [1.54, 1.807) is 18.5 Å². The number of hydrogen-bond acceptors (Lipinski definition) is 6. The number of hydrogen-bond donors (Lipinski definition) is 2. The molecule has 3 aliphatic heterocycles. The highest BCUT2D eigenvalue weighted by atomic mass is 35.5. The summed E-state index contributed by atoms with van der Waals surface area (Å²) in [5.41, 5.74) is 4.68. The van der Waals surface area contributed by atoms with Crippen LogP contribution in [0.3, 0.4) is 0 Å². The van der Waals surface area contributed by atoms with Gasteiger partial charge in [0.2, 0.25) is 11.9 Å². The van der Waals surface area contributed by atoms with E-state index in [0.717, 1.165) is 54.7 Å². The van der Waals surface area contributed by atoms with Crippen molar-refractivity contribution in [3.05, 3.63) is 64.6 Å². The largest absolute Gasteiger partial charge is 0.349 e. The summed E-state index contributed by atoms with van der Waals surface area (Å²) in [4.78, 5) is 46.0. The molecule has 2 saturated heterocycles. The summed E-state index contributed by atoms with van der Waals surface area (Å²) >= 11 is 6.61. The number of amides is 2. The normalized spacial score (nSPS) is 18.4. The van der Waals surface area contributed by atoms with E-state index in [1.165, 1.54) is 5.57 Å². The molecule has 9 nitrogen and oxygen atoms in total. The van der Waals surface area contributed by atoms with E-state index in [-0.39, 0.29) is 17.9 Å². The van der Waals surface area contributed by atoms with E-state index in [9.17, 15) is 9.59 Å². The number of allylic oxidation sites excluding steroid dienone is 3. The SMILES string of the molecule is CC1=CC=NC(c2ccnc(Nc3cc(Cl)c4[nH]c(C(=O)N5CCC(N6CCCC6=O)CC5)cc4c3)n2)=CC1. The molecule has 0 spiro atoms. The van der Waals surface area contributed by atoms with Crippen molar-refractivity contribution in [2.75, 3.05) is 25.0 Å². The van der Waals surface area contributed by atoms with E-state index in [0.29, 0.717) is 41.7 Å². The Balaban J connectivity index is 1.16. The molecule has 0 atom stereocenters. The van der Waals surface area contributed by atoms with Crippen LogP contribution in [0.5, 0.6) is 0 Å². The predicted molar refractivity (Wildman–Crippen MR) is 153 cm³/mol. The fourth-order valence-corrected chi connectivity index (χ4v) is 5.75. The highest BCUT2D eigenvalue weighted by molar-refractivity contribution is 6.35. The third-order valence-corrected chi connectivity index (χ3v) is 7.88. The number of aromatic amines is 1. The first-order valence-electron chi connectivity index (χ1n) is 13.4. The quantitative estimate of drug-likeness (QED) is 0.451. The van der Waals surface area contributed by atoms with Gasteiger partial charge in [0.25, 0.3) is 5.91 Å². The van der Waals surface area contributed by atoms with Gasteiger partial charge in [-0.15, -0.1) is 0 Å². The van der Waals surface area contributed by atoms with Gasteiger partial charge in [0, 0.05) is 55.6 Å². The predicted octanol–water partition coefficient (Wildman–Crippen LogP) is 5.34. The fourth-order valence-electron chi connectivity index (χ4n) is 5.48. The molecule has 0 saturated carbocycles. The summed E-state index contributed by atoms with van der Waals surface area (Å²) in [5, 5.41) is 4.55. The lowest BCUT2D eigenvalue weighted by molar-refractivity contribution is -0.130. The van der Waals surface area contributed by atoms with Crippen LogP contribution in [-0.4, -0.2) is 68.5 Å². The second-order valence-electron chi connectivity index (χ2n) is 10.3. The number of halogens is 1. The Kier molecular flexibility index (Phi) is 6.91. The lowest BCUT2D eigenvalue weighted by Gasteiger charge is -2.36. The van der Waals surface area contributed by atoms with Gasteiger partial charge >= 0.3 is 0 Å². The topological polar surface area (TPSA) is 107 Å². The van der Waals surface area contributed by atoms with Crippen molar-refractivity contribution < 1.29 is 9.59 Å². The van der Waals surface area contributed by atoms with Gasteiger partial charge in [-0.3, -0.25) is 14.6 Å². The Hall–Kier alpha value is -3.98. The Morgan fingerprint density at radius 2 is 2.03 bits per heavy atom. The van der Waals surface area contributed by atoms with Crippen molar-refractivity contribution in [3.8, 4) is 0 Å². The lowest BCUT2D eigenvalue weighted by Crippen LogP contribution is -2.47. The number of fused-ring (bicyclic) bond motifs is 1. The Bertz CT molecular complexity index is 1530. The van der Waals surface area contributed by atoms with Crippen LogP contribution in [0.2, 0.25) is 5.02 Å². The lowest BCUT2D eigenvalue weighted by atomic mass is 10.0. The van der Waals surface area contributed by atoms with Gasteiger partial charge in [0.05, 0.1) is 21.9 Å². The van der Waals surface area contributed by atoms with E-state index in [1.807, 2.05) is 34.1 Å². The summed E-state index contributed by atoms with van der Waals surface area (Å²) in [7, 11) is 0. The third-order valence-electron chi connectivity index (χ3n) is 7.58. The summed E-state index contributed by atoms with van der Waals surface area (Å²) in [6.07, 6.45) is 11.6. The van der Waals surface area contributed by atoms with Gasteiger partial charge < -0.3 is 20.1 Å². The number of piperidine rings is 1. The van der Waals surface area contributed by atoms with Gasteiger partial charge in [0.1, 0.15) is 5.69 Å². The maximum atomic E-state index is 13.3. The van der Waals surface area contributed by atoms with E-state index >= 15 is 0 Å². The number of carbonyl (C=O) groups is 2. The zero-order chi connectivity index (χ0) is 26.9. The van der Waals surface area contributed by atoms with Crippen LogP contribution in [0.1, 0.15) is 55.2 Å². The zero-order valence-electron chi connectivity index (χ0n) is 21.8. The van der Waals surface area contributed by atoms with Crippen molar-refractivity contribution in [2.24, 2.45) is 4.99 Å². The smallest absolute Gasteiger partial charge is 0.270 e. The molecule has 0 aliphatic carbocycles. The van der Waals surface area contributed by atoms with Gasteiger partial charge in [-0.1, -0.05) is 23.3 Å². The first-order chi connectivity index (χ1) is 18.9. The third kappa shape index (κ3) is 5.31. The molecule has 10 heteroatoms. The second-order valence-corrected chi connectivity index (χ2v) is 10.7. The van der Waals surface area contributed by atoms with Crippen LogP contribution in [0.15, 0.2) is 53.2 Å². The van der Waals surface area contributed by atoms with Crippen molar-refractivity contribution in [1.82, 2.24) is 24.8 Å². The fraction of sp³-hybridized carbons (Fsp3) is 0.345. The number of H-pyrrole nitrogens is 1. The Labute approximate surface area is 231 Å².